The smallest absolute Gasteiger partial charge is 1.00 e. The molecule has 0 spiro atoms. The van der Waals surface area contributed by atoms with Crippen LogP contribution in [0.3, 0.4) is 0 Å². The third-order valence-electron chi connectivity index (χ3n) is 0. The fourth-order valence-corrected chi connectivity index (χ4v) is 0. The first-order valence-electron chi connectivity index (χ1n) is 0.651. The number of hydrogen-bond acceptors (Lipinski definition) is 1. The van der Waals surface area contributed by atoms with Gasteiger partial charge in [-0.15, -0.1) is 0 Å². The summed E-state index contributed by atoms with van der Waals surface area (Å²) >= 11 is 0. The zero-order valence-corrected chi connectivity index (χ0v) is 2.80. The zero-order chi connectivity index (χ0) is 3.58. The van der Waals surface area contributed by atoms with Crippen LogP contribution in [0.4, 0.5) is 4.79 Å². The first-order valence-corrected chi connectivity index (χ1v) is 0.651. The zero-order valence-electron chi connectivity index (χ0n) is 3.80. The quantitative estimate of drug-likeness (QED) is 0.306. The van der Waals surface area contributed by atoms with E-state index in [1.165, 1.54) is 0 Å². The predicted octanol–water partition coefficient (Wildman–Crippen LogP) is -2.66. The van der Waals surface area contributed by atoms with E-state index < -0.39 is 6.16 Å². The van der Waals surface area contributed by atoms with Crippen LogP contribution in [0.25, 0.3) is 0 Å². The topological polar surface area (TPSA) is 57.5 Å². The Bertz CT molecular complexity index is 33.8. The minimum absolute atomic E-state index is 0. The molecule has 0 aliphatic heterocycles. The van der Waals surface area contributed by atoms with E-state index in [4.69, 9.17) is 15.0 Å². The molecular weight excluding hydrogens is 66.9 g/mol. The minimum Gasteiger partial charge on any atom is -1.00 e. The monoisotopic (exact) mass is 70.0 g/mol. The molecule has 0 radical (unpaired) electrons. The molecule has 0 unspecified atom stereocenters. The molecule has 0 saturated carbocycles. The van der Waals surface area contributed by atoms with Gasteiger partial charge >= 0.3 is 25.0 Å². The Balaban J connectivity index is -0.0000000450. The molecule has 0 aromatic heterocycles. The third-order valence-corrected chi connectivity index (χ3v) is 0. The SMILES string of the molecule is O=C(O)O.[H-].[Li+]. The van der Waals surface area contributed by atoms with Gasteiger partial charge in [0.2, 0.25) is 0 Å². The van der Waals surface area contributed by atoms with Crippen LogP contribution in [0.5, 0.6) is 0 Å². The molecule has 0 heterocycles. The normalized spacial score (nSPS) is 4.80. The first-order chi connectivity index (χ1) is 1.73. The Kier molecular flexibility index (Phi) is 6.85. The molecule has 0 amide bonds. The van der Waals surface area contributed by atoms with Gasteiger partial charge in [0.05, 0.1) is 0 Å². The Morgan fingerprint density at radius 3 is 1.60 bits per heavy atom. The van der Waals surface area contributed by atoms with E-state index in [1.54, 1.807) is 0 Å². The Hall–Kier alpha value is -0.133. The molecule has 5 heavy (non-hydrogen) atoms. The first kappa shape index (κ1) is 8.85. The molecule has 0 saturated heterocycles. The van der Waals surface area contributed by atoms with Crippen LogP contribution >= 0.6 is 0 Å². The second-order valence-electron chi connectivity index (χ2n) is 0.283. The van der Waals surface area contributed by atoms with E-state index in [0.717, 1.165) is 0 Å². The van der Waals surface area contributed by atoms with Crippen LogP contribution in [0, 0.1) is 0 Å². The summed E-state index contributed by atoms with van der Waals surface area (Å²) in [4.78, 5) is 8.56. The number of carboxylic acid groups (broad SMARTS) is 2. The van der Waals surface area contributed by atoms with Crippen LogP contribution in [0.1, 0.15) is 1.43 Å². The van der Waals surface area contributed by atoms with E-state index in [0.29, 0.717) is 0 Å². The summed E-state index contributed by atoms with van der Waals surface area (Å²) < 4.78 is 0. The Morgan fingerprint density at radius 1 is 1.60 bits per heavy atom. The molecule has 2 N–H and O–H groups in total. The number of hydrogen-bond donors (Lipinski definition) is 2. The maximum Gasteiger partial charge on any atom is 1.00 e. The van der Waals surface area contributed by atoms with E-state index in [2.05, 4.69) is 0 Å². The Morgan fingerprint density at radius 2 is 1.60 bits per heavy atom. The Labute approximate surface area is 42.3 Å². The summed E-state index contributed by atoms with van der Waals surface area (Å²) in [6, 6.07) is 0. The molecule has 0 atom stereocenters. The van der Waals surface area contributed by atoms with E-state index in [9.17, 15) is 0 Å². The van der Waals surface area contributed by atoms with Gasteiger partial charge < -0.3 is 11.6 Å². The maximum absolute atomic E-state index is 8.56. The van der Waals surface area contributed by atoms with Gasteiger partial charge in [-0.05, 0) is 0 Å². The average molecular weight is 70.0 g/mol. The van der Waals surface area contributed by atoms with Crippen molar-refractivity contribution in [3.63, 3.8) is 0 Å². The molecule has 4 heteroatoms. The largest absolute Gasteiger partial charge is 1.00 e. The number of carbonyl (C=O) groups is 1. The second kappa shape index (κ2) is 3.87. The van der Waals surface area contributed by atoms with Crippen molar-refractivity contribution in [3.8, 4) is 0 Å². The van der Waals surface area contributed by atoms with Crippen LogP contribution in [0.15, 0.2) is 0 Å². The van der Waals surface area contributed by atoms with Crippen LogP contribution in [-0.4, -0.2) is 16.4 Å². The molecule has 0 rings (SSSR count). The number of rotatable bonds is 0. The van der Waals surface area contributed by atoms with Crippen molar-refractivity contribution in [2.45, 2.75) is 0 Å². The molecule has 3 nitrogen and oxygen atoms in total. The van der Waals surface area contributed by atoms with Crippen molar-refractivity contribution < 1.29 is 35.3 Å². The van der Waals surface area contributed by atoms with Gasteiger partial charge in [0, 0.05) is 0 Å². The minimum atomic E-state index is -1.83. The summed E-state index contributed by atoms with van der Waals surface area (Å²) in [5.74, 6) is 0. The average Bonchev–Trinajstić information content (AvgIpc) is 0.811. The van der Waals surface area contributed by atoms with Gasteiger partial charge in [0.25, 0.3) is 0 Å². The van der Waals surface area contributed by atoms with Crippen molar-refractivity contribution >= 4 is 6.16 Å². The predicted molar refractivity (Wildman–Crippen MR) is 11.8 cm³/mol. The maximum atomic E-state index is 8.56. The molecule has 26 valence electrons. The summed E-state index contributed by atoms with van der Waals surface area (Å²) in [6.07, 6.45) is -1.83. The molecule has 0 aliphatic rings. The van der Waals surface area contributed by atoms with E-state index >= 15 is 0 Å². The van der Waals surface area contributed by atoms with E-state index in [1.807, 2.05) is 0 Å². The van der Waals surface area contributed by atoms with Gasteiger partial charge in [-0.25, -0.2) is 4.79 Å². The molecule has 0 bridgehead atoms. The van der Waals surface area contributed by atoms with Crippen molar-refractivity contribution in [1.82, 2.24) is 0 Å². The van der Waals surface area contributed by atoms with Crippen LogP contribution < -0.4 is 18.9 Å². The van der Waals surface area contributed by atoms with E-state index in [-0.39, 0.29) is 20.3 Å². The van der Waals surface area contributed by atoms with Crippen LogP contribution in [0.2, 0.25) is 0 Å². The standard InChI is InChI=1S/CH2O3.Li.H/c2-1(3)4;;/h(H2,2,3,4);;/q;+1;-1. The van der Waals surface area contributed by atoms with Gasteiger partial charge in [-0.1, -0.05) is 0 Å². The second-order valence-corrected chi connectivity index (χ2v) is 0.283. The van der Waals surface area contributed by atoms with Crippen LogP contribution in [-0.2, 0) is 0 Å². The fourth-order valence-electron chi connectivity index (χ4n) is 0. The van der Waals surface area contributed by atoms with Crippen molar-refractivity contribution in [3.05, 3.63) is 0 Å². The van der Waals surface area contributed by atoms with Gasteiger partial charge in [0.15, 0.2) is 0 Å². The van der Waals surface area contributed by atoms with Gasteiger partial charge in [-0.2, -0.15) is 0 Å². The molecule has 0 fully saturated rings. The molecule has 0 aliphatic carbocycles. The molecule has 0 aromatic rings. The summed E-state index contributed by atoms with van der Waals surface area (Å²) in [5, 5.41) is 13.9. The summed E-state index contributed by atoms with van der Waals surface area (Å²) in [5.41, 5.74) is 0. The fraction of sp³-hybridized carbons (Fsp3) is 0. The van der Waals surface area contributed by atoms with Crippen molar-refractivity contribution in [2.24, 2.45) is 0 Å². The molecule has 0 aromatic carbocycles. The molecular formula is CH3LiO3. The summed E-state index contributed by atoms with van der Waals surface area (Å²) in [6.45, 7) is 0. The third kappa shape index (κ3) is 767. The van der Waals surface area contributed by atoms with Gasteiger partial charge in [0.1, 0.15) is 0 Å². The summed E-state index contributed by atoms with van der Waals surface area (Å²) in [7, 11) is 0. The van der Waals surface area contributed by atoms with Crippen molar-refractivity contribution in [1.29, 1.82) is 0 Å². The van der Waals surface area contributed by atoms with Crippen molar-refractivity contribution in [2.75, 3.05) is 0 Å². The van der Waals surface area contributed by atoms with Gasteiger partial charge in [-0.3, -0.25) is 0 Å².